The highest BCUT2D eigenvalue weighted by atomic mass is 32.2. The lowest BCUT2D eigenvalue weighted by Gasteiger charge is -2.28. The Kier molecular flexibility index (Phi) is 10.6. The Labute approximate surface area is 256 Å². The minimum Gasteiger partial charge on any atom is -0.465 e. The maximum Gasteiger partial charge on any atom is 0.326 e. The van der Waals surface area contributed by atoms with Crippen molar-refractivity contribution in [3.63, 3.8) is 0 Å². The fraction of sp³-hybridized carbons (Fsp3) is 0.469. The molecule has 0 aromatic heterocycles. The molecule has 230 valence electrons. The van der Waals surface area contributed by atoms with Gasteiger partial charge in [0.2, 0.25) is 5.91 Å². The molecular formula is C32H39N3O7S. The SMILES string of the molecule is CCOC(=O)[C@H](CCCCCN1C(=O)c2ccccc2C1=O)N[C@H]1CSc2ccccc2N(CC(=O)OC(C)(C)C)C1=O. The summed E-state index contributed by atoms with van der Waals surface area (Å²) in [4.78, 5) is 68.3. The molecule has 0 bridgehead atoms. The number of para-hydroxylation sites is 1. The second kappa shape index (κ2) is 14.2. The maximum atomic E-state index is 13.8. The second-order valence-corrected chi connectivity index (χ2v) is 12.5. The van der Waals surface area contributed by atoms with Crippen molar-refractivity contribution in [1.29, 1.82) is 0 Å². The fourth-order valence-corrected chi connectivity index (χ4v) is 6.22. The van der Waals surface area contributed by atoms with E-state index >= 15 is 0 Å². The number of benzene rings is 2. The predicted molar refractivity (Wildman–Crippen MR) is 163 cm³/mol. The lowest BCUT2D eigenvalue weighted by atomic mass is 10.1. The molecule has 10 nitrogen and oxygen atoms in total. The maximum absolute atomic E-state index is 13.8. The lowest BCUT2D eigenvalue weighted by Crippen LogP contribution is -2.54. The van der Waals surface area contributed by atoms with Gasteiger partial charge >= 0.3 is 11.9 Å². The first-order chi connectivity index (χ1) is 20.5. The van der Waals surface area contributed by atoms with Crippen LogP contribution in [0.15, 0.2) is 53.4 Å². The van der Waals surface area contributed by atoms with Crippen LogP contribution in [0.1, 0.15) is 74.1 Å². The molecule has 0 unspecified atom stereocenters. The molecule has 2 aliphatic rings. The lowest BCUT2D eigenvalue weighted by molar-refractivity contribution is -0.154. The van der Waals surface area contributed by atoms with Crippen molar-refractivity contribution in [1.82, 2.24) is 10.2 Å². The van der Waals surface area contributed by atoms with Crippen LogP contribution in [0.4, 0.5) is 5.69 Å². The highest BCUT2D eigenvalue weighted by Gasteiger charge is 2.36. The normalized spacial score (nSPS) is 17.3. The van der Waals surface area contributed by atoms with E-state index < -0.39 is 29.6 Å². The zero-order chi connectivity index (χ0) is 31.1. The highest BCUT2D eigenvalue weighted by molar-refractivity contribution is 7.99. The van der Waals surface area contributed by atoms with Gasteiger partial charge in [-0.15, -0.1) is 11.8 Å². The second-order valence-electron chi connectivity index (χ2n) is 11.5. The van der Waals surface area contributed by atoms with Gasteiger partial charge in [-0.1, -0.05) is 37.1 Å². The van der Waals surface area contributed by atoms with Crippen LogP contribution in [0.3, 0.4) is 0 Å². The van der Waals surface area contributed by atoms with Crippen molar-refractivity contribution in [2.75, 3.05) is 30.3 Å². The predicted octanol–water partition coefficient (Wildman–Crippen LogP) is 4.21. The Morgan fingerprint density at radius 3 is 2.26 bits per heavy atom. The Balaban J connectivity index is 1.39. The number of hydrogen-bond acceptors (Lipinski definition) is 9. The van der Waals surface area contributed by atoms with Gasteiger partial charge in [-0.25, -0.2) is 0 Å². The number of amides is 3. The summed E-state index contributed by atoms with van der Waals surface area (Å²) in [5, 5.41) is 3.22. The van der Waals surface area contributed by atoms with E-state index in [0.29, 0.717) is 54.8 Å². The molecule has 4 rings (SSSR count). The van der Waals surface area contributed by atoms with Gasteiger partial charge in [0.25, 0.3) is 11.8 Å². The first-order valence-electron chi connectivity index (χ1n) is 14.6. The standard InChI is InChI=1S/C32H39N3O7S/c1-5-41-31(40)23(15-7-6-12-18-34-28(37)21-13-8-9-14-22(21)29(34)38)33-24-20-43-26-17-11-10-16-25(26)35(30(24)39)19-27(36)42-32(2,3)4/h8-11,13-14,16-17,23-24,33H,5-7,12,15,18-20H2,1-4H3/t23-,24-/m0/s1. The first-order valence-corrected chi connectivity index (χ1v) is 15.6. The molecule has 11 heteroatoms. The van der Waals surface area contributed by atoms with E-state index in [1.165, 1.54) is 21.6 Å². The summed E-state index contributed by atoms with van der Waals surface area (Å²) in [7, 11) is 0. The van der Waals surface area contributed by atoms with Gasteiger partial charge < -0.3 is 9.47 Å². The zero-order valence-corrected chi connectivity index (χ0v) is 25.9. The number of imide groups is 1. The van der Waals surface area contributed by atoms with Crippen molar-refractivity contribution in [3.8, 4) is 0 Å². The minimum absolute atomic E-state index is 0.195. The zero-order valence-electron chi connectivity index (χ0n) is 25.1. The average Bonchev–Trinajstić information content (AvgIpc) is 3.12. The topological polar surface area (TPSA) is 122 Å². The van der Waals surface area contributed by atoms with Crippen molar-refractivity contribution in [2.24, 2.45) is 0 Å². The average molecular weight is 610 g/mol. The number of anilines is 1. The van der Waals surface area contributed by atoms with Gasteiger partial charge in [-0.2, -0.15) is 0 Å². The Hall–Kier alpha value is -3.70. The number of nitrogens with zero attached hydrogens (tertiary/aromatic N) is 2. The van der Waals surface area contributed by atoms with E-state index in [1.54, 1.807) is 58.0 Å². The molecule has 3 amide bonds. The van der Waals surface area contributed by atoms with E-state index in [9.17, 15) is 24.0 Å². The smallest absolute Gasteiger partial charge is 0.326 e. The summed E-state index contributed by atoms with van der Waals surface area (Å²) in [6.45, 7) is 7.27. The molecule has 0 saturated heterocycles. The van der Waals surface area contributed by atoms with E-state index in [1.807, 2.05) is 18.2 Å². The van der Waals surface area contributed by atoms with Gasteiger partial charge in [-0.05, 0) is 64.8 Å². The number of esters is 2. The Morgan fingerprint density at radius 2 is 1.60 bits per heavy atom. The third kappa shape index (κ3) is 8.03. The molecule has 2 atom stereocenters. The van der Waals surface area contributed by atoms with Gasteiger partial charge in [0, 0.05) is 17.2 Å². The third-order valence-corrected chi connectivity index (χ3v) is 8.22. The van der Waals surface area contributed by atoms with Gasteiger partial charge in [0.15, 0.2) is 0 Å². The molecule has 2 aliphatic heterocycles. The van der Waals surface area contributed by atoms with Gasteiger partial charge in [-0.3, -0.25) is 39.1 Å². The van der Waals surface area contributed by atoms with E-state index in [-0.39, 0.29) is 30.9 Å². The van der Waals surface area contributed by atoms with Crippen molar-refractivity contribution in [3.05, 3.63) is 59.7 Å². The summed E-state index contributed by atoms with van der Waals surface area (Å²) in [5.41, 5.74) is 0.765. The molecule has 2 aromatic carbocycles. The number of nitrogens with one attached hydrogen (secondary N) is 1. The molecule has 1 N–H and O–H groups in total. The first kappa shape index (κ1) is 32.2. The number of carbonyl (C=O) groups excluding carboxylic acids is 5. The van der Waals surface area contributed by atoms with Crippen LogP contribution >= 0.6 is 11.8 Å². The number of ether oxygens (including phenoxy) is 2. The van der Waals surface area contributed by atoms with Crippen LogP contribution in [0.25, 0.3) is 0 Å². The van der Waals surface area contributed by atoms with Gasteiger partial charge in [0.1, 0.15) is 18.2 Å². The summed E-state index contributed by atoms with van der Waals surface area (Å²) >= 11 is 1.48. The number of thioether (sulfide) groups is 1. The Bertz CT molecular complexity index is 1340. The number of carbonyl (C=O) groups is 5. The van der Waals surface area contributed by atoms with Crippen LogP contribution < -0.4 is 10.2 Å². The molecule has 0 saturated carbocycles. The molecule has 43 heavy (non-hydrogen) atoms. The van der Waals surface area contributed by atoms with Crippen LogP contribution in [0.5, 0.6) is 0 Å². The quantitative estimate of drug-likeness (QED) is 0.214. The molecule has 0 aliphatic carbocycles. The van der Waals surface area contributed by atoms with Crippen LogP contribution in [-0.4, -0.2) is 77.7 Å². The molecule has 2 heterocycles. The van der Waals surface area contributed by atoms with E-state index in [2.05, 4.69) is 5.32 Å². The summed E-state index contributed by atoms with van der Waals surface area (Å²) in [6, 6.07) is 12.7. The van der Waals surface area contributed by atoms with E-state index in [4.69, 9.17) is 9.47 Å². The van der Waals surface area contributed by atoms with Crippen molar-refractivity contribution < 1.29 is 33.4 Å². The number of rotatable bonds is 12. The Morgan fingerprint density at radius 1 is 0.953 bits per heavy atom. The monoisotopic (exact) mass is 609 g/mol. The van der Waals surface area contributed by atoms with E-state index in [0.717, 1.165) is 4.90 Å². The van der Waals surface area contributed by atoms with Crippen LogP contribution in [0, 0.1) is 0 Å². The van der Waals surface area contributed by atoms with Gasteiger partial charge in [0.05, 0.1) is 29.5 Å². The molecule has 0 spiro atoms. The van der Waals surface area contributed by atoms with Crippen molar-refractivity contribution in [2.45, 2.75) is 76.0 Å². The number of hydrogen-bond donors (Lipinski definition) is 1. The highest BCUT2D eigenvalue weighted by Crippen LogP contribution is 2.34. The van der Waals surface area contributed by atoms with Crippen molar-refractivity contribution >= 4 is 47.1 Å². The largest absolute Gasteiger partial charge is 0.465 e. The van der Waals surface area contributed by atoms with Crippen LogP contribution in [-0.2, 0) is 23.9 Å². The molecule has 0 fully saturated rings. The summed E-state index contributed by atoms with van der Waals surface area (Å²) in [5.74, 6) is -1.53. The summed E-state index contributed by atoms with van der Waals surface area (Å²) < 4.78 is 10.8. The third-order valence-electron chi connectivity index (χ3n) is 7.06. The number of unbranched alkanes of at least 4 members (excludes halogenated alkanes) is 2. The minimum atomic E-state index is -0.757. The van der Waals surface area contributed by atoms with Crippen LogP contribution in [0.2, 0.25) is 0 Å². The summed E-state index contributed by atoms with van der Waals surface area (Å²) in [6.07, 6.45) is 2.25. The fourth-order valence-electron chi connectivity index (χ4n) is 5.13. The number of fused-ring (bicyclic) bond motifs is 2. The molecular weight excluding hydrogens is 570 g/mol. The molecule has 2 aromatic rings. The molecule has 0 radical (unpaired) electrons.